The van der Waals surface area contributed by atoms with Crippen LogP contribution in [-0.4, -0.2) is 18.1 Å². The maximum absolute atomic E-state index is 5.87. The quantitative estimate of drug-likeness (QED) is 0.913. The number of anilines is 1. The Hall–Kier alpha value is -0.610. The van der Waals surface area contributed by atoms with Crippen LogP contribution in [-0.2, 0) is 6.54 Å². The van der Waals surface area contributed by atoms with Crippen molar-refractivity contribution in [3.63, 3.8) is 0 Å². The maximum Gasteiger partial charge on any atom is 0.185 e. The van der Waals surface area contributed by atoms with Crippen LogP contribution in [0.15, 0.2) is 0 Å². The first-order valence-corrected chi connectivity index (χ1v) is 7.93. The van der Waals surface area contributed by atoms with Gasteiger partial charge in [-0.25, -0.2) is 4.98 Å². The zero-order chi connectivity index (χ0) is 12.7. The van der Waals surface area contributed by atoms with Gasteiger partial charge in [-0.05, 0) is 31.1 Å². The van der Waals surface area contributed by atoms with E-state index in [4.69, 9.17) is 10.7 Å². The van der Waals surface area contributed by atoms with Crippen LogP contribution in [0.5, 0.6) is 0 Å². The first kappa shape index (κ1) is 12.4. The third-order valence-corrected chi connectivity index (χ3v) is 5.16. The molecule has 2 unspecified atom stereocenters. The molecule has 3 nitrogen and oxygen atoms in total. The fourth-order valence-corrected chi connectivity index (χ4v) is 4.17. The van der Waals surface area contributed by atoms with Gasteiger partial charge in [-0.15, -0.1) is 11.3 Å². The van der Waals surface area contributed by atoms with Crippen molar-refractivity contribution in [1.82, 2.24) is 4.98 Å². The van der Waals surface area contributed by atoms with E-state index in [9.17, 15) is 0 Å². The summed E-state index contributed by atoms with van der Waals surface area (Å²) in [6.45, 7) is 7.67. The van der Waals surface area contributed by atoms with Crippen molar-refractivity contribution in [1.29, 1.82) is 0 Å². The predicted molar refractivity (Wildman–Crippen MR) is 77.1 cm³/mol. The standard InChI is InChI=1S/C14H23N3S/c1-9-5-10(2)8-17(7-9)14-16-13(11-3-4-11)12(6-15)18-14/h9-11H,3-8,15H2,1-2H3. The third kappa shape index (κ3) is 2.41. The van der Waals surface area contributed by atoms with Gasteiger partial charge in [-0.2, -0.15) is 0 Å². The van der Waals surface area contributed by atoms with Crippen LogP contribution in [0, 0.1) is 11.8 Å². The van der Waals surface area contributed by atoms with E-state index >= 15 is 0 Å². The molecule has 0 aromatic carbocycles. The number of rotatable bonds is 3. The van der Waals surface area contributed by atoms with Crippen molar-refractivity contribution in [2.24, 2.45) is 17.6 Å². The highest BCUT2D eigenvalue weighted by Crippen LogP contribution is 2.44. The first-order chi connectivity index (χ1) is 8.67. The molecular weight excluding hydrogens is 242 g/mol. The lowest BCUT2D eigenvalue weighted by Gasteiger charge is -2.34. The molecule has 2 atom stereocenters. The Morgan fingerprint density at radius 3 is 2.50 bits per heavy atom. The molecule has 2 aliphatic rings. The van der Waals surface area contributed by atoms with Crippen molar-refractivity contribution in [3.05, 3.63) is 10.6 Å². The molecule has 2 heterocycles. The second-order valence-corrected chi connectivity index (χ2v) is 7.20. The second kappa shape index (κ2) is 4.82. The Bertz CT molecular complexity index is 415. The van der Waals surface area contributed by atoms with Gasteiger partial charge in [0, 0.05) is 30.4 Å². The number of piperidine rings is 1. The van der Waals surface area contributed by atoms with Gasteiger partial charge in [-0.1, -0.05) is 13.8 Å². The normalized spacial score (nSPS) is 28.7. The minimum absolute atomic E-state index is 0.655. The van der Waals surface area contributed by atoms with Crippen molar-refractivity contribution >= 4 is 16.5 Å². The lowest BCUT2D eigenvalue weighted by molar-refractivity contribution is 0.356. The molecule has 0 bridgehead atoms. The van der Waals surface area contributed by atoms with Gasteiger partial charge < -0.3 is 10.6 Å². The summed E-state index contributed by atoms with van der Waals surface area (Å²) < 4.78 is 0. The largest absolute Gasteiger partial charge is 0.348 e. The lowest BCUT2D eigenvalue weighted by Crippen LogP contribution is -2.38. The topological polar surface area (TPSA) is 42.2 Å². The van der Waals surface area contributed by atoms with E-state index in [1.165, 1.54) is 35.0 Å². The number of thiazole rings is 1. The Labute approximate surface area is 113 Å². The summed E-state index contributed by atoms with van der Waals surface area (Å²) in [5.41, 5.74) is 7.17. The molecule has 1 aromatic rings. The summed E-state index contributed by atoms with van der Waals surface area (Å²) in [4.78, 5) is 8.70. The molecule has 0 amide bonds. The summed E-state index contributed by atoms with van der Waals surface area (Å²) in [5, 5.41) is 1.22. The van der Waals surface area contributed by atoms with Gasteiger partial charge >= 0.3 is 0 Å². The molecule has 2 N–H and O–H groups in total. The van der Waals surface area contributed by atoms with E-state index in [-0.39, 0.29) is 0 Å². The SMILES string of the molecule is CC1CC(C)CN(c2nc(C3CC3)c(CN)s2)C1. The Kier molecular flexibility index (Phi) is 3.32. The molecule has 3 rings (SSSR count). The van der Waals surface area contributed by atoms with Crippen molar-refractivity contribution < 1.29 is 0 Å². The van der Waals surface area contributed by atoms with E-state index < -0.39 is 0 Å². The number of aromatic nitrogens is 1. The molecule has 2 fully saturated rings. The summed E-state index contributed by atoms with van der Waals surface area (Å²) in [6, 6.07) is 0. The Balaban J connectivity index is 1.82. The molecule has 0 spiro atoms. The summed E-state index contributed by atoms with van der Waals surface area (Å²) in [6.07, 6.45) is 3.97. The van der Waals surface area contributed by atoms with Gasteiger partial charge in [0.1, 0.15) is 0 Å². The summed E-state index contributed by atoms with van der Waals surface area (Å²) in [5.74, 6) is 2.28. The molecule has 1 saturated heterocycles. The molecule has 1 aromatic heterocycles. The van der Waals surface area contributed by atoms with Crippen LogP contribution in [0.25, 0.3) is 0 Å². The molecule has 1 aliphatic heterocycles. The van der Waals surface area contributed by atoms with E-state index in [0.29, 0.717) is 12.5 Å². The Morgan fingerprint density at radius 2 is 1.94 bits per heavy atom. The molecule has 1 aliphatic carbocycles. The highest BCUT2D eigenvalue weighted by molar-refractivity contribution is 7.15. The maximum atomic E-state index is 5.87. The van der Waals surface area contributed by atoms with Crippen molar-refractivity contribution in [2.75, 3.05) is 18.0 Å². The van der Waals surface area contributed by atoms with Gasteiger partial charge in [0.25, 0.3) is 0 Å². The van der Waals surface area contributed by atoms with Crippen LogP contribution in [0.2, 0.25) is 0 Å². The molecule has 1 saturated carbocycles. The van der Waals surface area contributed by atoms with Crippen LogP contribution in [0.4, 0.5) is 5.13 Å². The zero-order valence-electron chi connectivity index (χ0n) is 11.4. The summed E-state index contributed by atoms with van der Waals surface area (Å²) >= 11 is 1.83. The van der Waals surface area contributed by atoms with Gasteiger partial charge in [-0.3, -0.25) is 0 Å². The fraction of sp³-hybridized carbons (Fsp3) is 0.786. The van der Waals surface area contributed by atoms with Crippen LogP contribution in [0.1, 0.15) is 49.6 Å². The predicted octanol–water partition coefficient (Wildman–Crippen LogP) is 2.96. The third-order valence-electron chi connectivity index (χ3n) is 4.01. The number of nitrogens with two attached hydrogens (primary N) is 1. The smallest absolute Gasteiger partial charge is 0.185 e. The van der Waals surface area contributed by atoms with Crippen LogP contribution in [0.3, 0.4) is 0 Å². The lowest BCUT2D eigenvalue weighted by atomic mass is 9.92. The van der Waals surface area contributed by atoms with Gasteiger partial charge in [0.15, 0.2) is 5.13 Å². The second-order valence-electron chi connectivity index (χ2n) is 6.13. The molecule has 4 heteroatoms. The highest BCUT2D eigenvalue weighted by atomic mass is 32.1. The van der Waals surface area contributed by atoms with Crippen LogP contribution >= 0.6 is 11.3 Å². The molecule has 18 heavy (non-hydrogen) atoms. The Morgan fingerprint density at radius 1 is 1.28 bits per heavy atom. The van der Waals surface area contributed by atoms with Crippen molar-refractivity contribution in [2.45, 2.75) is 45.6 Å². The van der Waals surface area contributed by atoms with Gasteiger partial charge in [0.2, 0.25) is 0 Å². The van der Waals surface area contributed by atoms with Gasteiger partial charge in [0.05, 0.1) is 5.69 Å². The fourth-order valence-electron chi connectivity index (χ4n) is 3.13. The highest BCUT2D eigenvalue weighted by Gasteiger charge is 2.31. The van der Waals surface area contributed by atoms with Crippen molar-refractivity contribution in [3.8, 4) is 0 Å². The van der Waals surface area contributed by atoms with E-state index in [0.717, 1.165) is 24.9 Å². The number of nitrogens with zero attached hydrogens (tertiary/aromatic N) is 2. The number of hydrogen-bond acceptors (Lipinski definition) is 4. The van der Waals surface area contributed by atoms with E-state index in [1.807, 2.05) is 11.3 Å². The minimum atomic E-state index is 0.655. The average molecular weight is 265 g/mol. The minimum Gasteiger partial charge on any atom is -0.348 e. The molecular formula is C14H23N3S. The van der Waals surface area contributed by atoms with Crippen LogP contribution < -0.4 is 10.6 Å². The number of hydrogen-bond donors (Lipinski definition) is 1. The monoisotopic (exact) mass is 265 g/mol. The first-order valence-electron chi connectivity index (χ1n) is 7.12. The average Bonchev–Trinajstić information content (AvgIpc) is 3.07. The van der Waals surface area contributed by atoms with E-state index in [1.54, 1.807) is 0 Å². The molecule has 0 radical (unpaired) electrons. The molecule has 100 valence electrons. The summed E-state index contributed by atoms with van der Waals surface area (Å²) in [7, 11) is 0. The van der Waals surface area contributed by atoms with E-state index in [2.05, 4.69) is 18.7 Å². The zero-order valence-corrected chi connectivity index (χ0v) is 12.2.